The lowest BCUT2D eigenvalue weighted by atomic mass is 10.0. The van der Waals surface area contributed by atoms with Crippen molar-refractivity contribution < 1.29 is 14.7 Å². The number of carbonyl (C=O) groups excluding carboxylic acids is 1. The van der Waals surface area contributed by atoms with Gasteiger partial charge in [-0.15, -0.1) is 0 Å². The molecule has 1 atom stereocenters. The normalized spacial score (nSPS) is 20.1. The maximum atomic E-state index is 12.3. The number of oxime groups is 1. The van der Waals surface area contributed by atoms with Crippen LogP contribution in [0, 0.1) is 0 Å². The number of hydrogen-bond donors (Lipinski definition) is 1. The van der Waals surface area contributed by atoms with Gasteiger partial charge in [-0.25, -0.2) is 0 Å². The Morgan fingerprint density at radius 1 is 1.05 bits per heavy atom. The van der Waals surface area contributed by atoms with E-state index in [1.807, 2.05) is 36.4 Å². The molecule has 100 valence electrons. The zero-order valence-corrected chi connectivity index (χ0v) is 10.7. The molecule has 0 aromatic heterocycles. The number of nitrogens with zero attached hydrogens (tertiary/aromatic N) is 1. The van der Waals surface area contributed by atoms with Crippen molar-refractivity contribution in [3.63, 3.8) is 0 Å². The summed E-state index contributed by atoms with van der Waals surface area (Å²) in [6.45, 7) is 0. The van der Waals surface area contributed by atoms with Gasteiger partial charge in [0, 0.05) is 6.42 Å². The Morgan fingerprint density at radius 3 is 2.50 bits per heavy atom. The van der Waals surface area contributed by atoms with Crippen LogP contribution >= 0.6 is 0 Å². The molecular formula is C16H13NO3. The van der Waals surface area contributed by atoms with Crippen LogP contribution in [-0.4, -0.2) is 16.7 Å². The number of hydrogen-bond acceptors (Lipinski definition) is 4. The van der Waals surface area contributed by atoms with E-state index < -0.39 is 0 Å². The third kappa shape index (κ3) is 2.16. The van der Waals surface area contributed by atoms with E-state index in [0.29, 0.717) is 11.3 Å². The molecule has 1 N–H and O–H groups in total. The number of para-hydroxylation sites is 1. The van der Waals surface area contributed by atoms with Crippen molar-refractivity contribution in [2.75, 3.05) is 0 Å². The molecule has 20 heavy (non-hydrogen) atoms. The average Bonchev–Trinajstić information content (AvgIpc) is 2.65. The summed E-state index contributed by atoms with van der Waals surface area (Å²) in [7, 11) is 0. The summed E-state index contributed by atoms with van der Waals surface area (Å²) in [5.41, 5.74) is 1.49. The van der Waals surface area contributed by atoms with Crippen molar-refractivity contribution in [1.29, 1.82) is 0 Å². The van der Waals surface area contributed by atoms with E-state index >= 15 is 0 Å². The largest absolute Gasteiger partial charge is 0.485 e. The molecule has 1 aliphatic rings. The third-order valence-electron chi connectivity index (χ3n) is 3.33. The van der Waals surface area contributed by atoms with E-state index in [0.717, 1.165) is 5.56 Å². The molecule has 1 heterocycles. The van der Waals surface area contributed by atoms with Gasteiger partial charge in [-0.2, -0.15) is 0 Å². The highest BCUT2D eigenvalue weighted by molar-refractivity contribution is 6.46. The van der Waals surface area contributed by atoms with Gasteiger partial charge in [0.15, 0.2) is 0 Å². The molecule has 3 rings (SSSR count). The van der Waals surface area contributed by atoms with E-state index in [-0.39, 0.29) is 24.0 Å². The lowest BCUT2D eigenvalue weighted by Gasteiger charge is -2.17. The lowest BCUT2D eigenvalue weighted by Crippen LogP contribution is -2.16. The van der Waals surface area contributed by atoms with Gasteiger partial charge in [0.2, 0.25) is 5.78 Å². The van der Waals surface area contributed by atoms with E-state index in [4.69, 9.17) is 9.94 Å². The number of ketones is 1. The summed E-state index contributed by atoms with van der Waals surface area (Å²) in [4.78, 5) is 12.3. The molecule has 1 aliphatic heterocycles. The Labute approximate surface area is 116 Å². The maximum Gasteiger partial charge on any atom is 0.214 e. The quantitative estimate of drug-likeness (QED) is 0.637. The van der Waals surface area contributed by atoms with Gasteiger partial charge >= 0.3 is 0 Å². The fourth-order valence-corrected chi connectivity index (χ4v) is 2.32. The second kappa shape index (κ2) is 5.17. The monoisotopic (exact) mass is 267 g/mol. The minimum absolute atomic E-state index is 0.115. The topological polar surface area (TPSA) is 58.9 Å². The Bertz CT molecular complexity index is 664. The lowest BCUT2D eigenvalue weighted by molar-refractivity contribution is 0.106. The summed E-state index contributed by atoms with van der Waals surface area (Å²) in [6, 6.07) is 16.6. The Hall–Kier alpha value is -2.62. The molecule has 0 saturated carbocycles. The Morgan fingerprint density at radius 2 is 1.75 bits per heavy atom. The Kier molecular flexibility index (Phi) is 3.21. The number of Topliss-reactive ketones (excluding diaryl/α,β-unsaturated/α-hetero) is 1. The van der Waals surface area contributed by atoms with Crippen molar-refractivity contribution >= 4 is 11.5 Å². The van der Waals surface area contributed by atoms with E-state index in [9.17, 15) is 4.79 Å². The first-order chi connectivity index (χ1) is 9.79. The van der Waals surface area contributed by atoms with Crippen LogP contribution in [0.2, 0.25) is 0 Å². The van der Waals surface area contributed by atoms with E-state index in [2.05, 4.69) is 5.16 Å². The highest BCUT2D eigenvalue weighted by Crippen LogP contribution is 2.32. The van der Waals surface area contributed by atoms with Crippen LogP contribution in [0.25, 0.3) is 0 Å². The molecule has 2 aromatic carbocycles. The first kappa shape index (κ1) is 12.4. The van der Waals surface area contributed by atoms with Gasteiger partial charge in [-0.3, -0.25) is 4.79 Å². The summed E-state index contributed by atoms with van der Waals surface area (Å²) in [6.07, 6.45) is -0.0942. The molecule has 0 aliphatic carbocycles. The van der Waals surface area contributed by atoms with Crippen LogP contribution in [0.15, 0.2) is 59.8 Å². The molecular weight excluding hydrogens is 254 g/mol. The fraction of sp³-hybridized carbons (Fsp3) is 0.125. The van der Waals surface area contributed by atoms with Gasteiger partial charge in [0.25, 0.3) is 0 Å². The number of ether oxygens (including phenoxy) is 1. The molecule has 4 nitrogen and oxygen atoms in total. The zero-order chi connectivity index (χ0) is 13.9. The van der Waals surface area contributed by atoms with Crippen LogP contribution in [0.1, 0.15) is 28.4 Å². The van der Waals surface area contributed by atoms with Crippen LogP contribution in [0.4, 0.5) is 0 Å². The molecule has 0 radical (unpaired) electrons. The highest BCUT2D eigenvalue weighted by Gasteiger charge is 2.29. The minimum atomic E-state index is -0.338. The smallest absolute Gasteiger partial charge is 0.214 e. The third-order valence-corrected chi connectivity index (χ3v) is 3.33. The molecule has 0 spiro atoms. The Balaban J connectivity index is 2.07. The van der Waals surface area contributed by atoms with Crippen LogP contribution in [0.5, 0.6) is 5.75 Å². The number of benzene rings is 2. The van der Waals surface area contributed by atoms with Crippen molar-refractivity contribution in [2.24, 2.45) is 5.16 Å². The standard InChI is InChI=1S/C16H13NO3/c18-16-12-8-4-5-9-14(12)20-15(10-13(16)17-19)11-6-2-1-3-7-11/h1-9,15,19H,10H2. The van der Waals surface area contributed by atoms with Gasteiger partial charge in [0.05, 0.1) is 5.56 Å². The predicted octanol–water partition coefficient (Wildman–Crippen LogP) is 3.22. The molecule has 0 saturated heterocycles. The second-order valence-corrected chi connectivity index (χ2v) is 4.59. The van der Waals surface area contributed by atoms with E-state index in [1.54, 1.807) is 18.2 Å². The molecule has 2 aromatic rings. The molecule has 1 unspecified atom stereocenters. The molecule has 0 amide bonds. The van der Waals surface area contributed by atoms with Gasteiger partial charge < -0.3 is 9.94 Å². The SMILES string of the molecule is O=C1C(=NO)CC(c2ccccc2)Oc2ccccc21. The van der Waals surface area contributed by atoms with Gasteiger partial charge in [-0.1, -0.05) is 47.6 Å². The molecule has 0 bridgehead atoms. The molecule has 0 fully saturated rings. The maximum absolute atomic E-state index is 12.3. The number of fused-ring (bicyclic) bond motifs is 1. The minimum Gasteiger partial charge on any atom is -0.485 e. The van der Waals surface area contributed by atoms with Crippen molar-refractivity contribution in [2.45, 2.75) is 12.5 Å². The number of carbonyl (C=O) groups is 1. The highest BCUT2D eigenvalue weighted by atomic mass is 16.5. The predicted molar refractivity (Wildman–Crippen MR) is 74.4 cm³/mol. The first-order valence-corrected chi connectivity index (χ1v) is 6.36. The summed E-state index contributed by atoms with van der Waals surface area (Å²) < 4.78 is 5.93. The zero-order valence-electron chi connectivity index (χ0n) is 10.7. The average molecular weight is 267 g/mol. The summed E-state index contributed by atoms with van der Waals surface area (Å²) in [5, 5.41) is 12.2. The van der Waals surface area contributed by atoms with Crippen LogP contribution in [0.3, 0.4) is 0 Å². The van der Waals surface area contributed by atoms with Crippen molar-refractivity contribution in [3.8, 4) is 5.75 Å². The van der Waals surface area contributed by atoms with Crippen LogP contribution in [-0.2, 0) is 0 Å². The van der Waals surface area contributed by atoms with Crippen molar-refractivity contribution in [3.05, 3.63) is 65.7 Å². The summed E-state index contributed by atoms with van der Waals surface area (Å²) >= 11 is 0. The second-order valence-electron chi connectivity index (χ2n) is 4.59. The summed E-state index contributed by atoms with van der Waals surface area (Å²) in [5.74, 6) is 0.228. The van der Waals surface area contributed by atoms with Crippen LogP contribution < -0.4 is 4.74 Å². The first-order valence-electron chi connectivity index (χ1n) is 6.36. The van der Waals surface area contributed by atoms with Gasteiger partial charge in [0.1, 0.15) is 17.6 Å². The number of rotatable bonds is 1. The molecule has 4 heteroatoms. The van der Waals surface area contributed by atoms with Gasteiger partial charge in [-0.05, 0) is 17.7 Å². The van der Waals surface area contributed by atoms with E-state index in [1.165, 1.54) is 0 Å². The fourth-order valence-electron chi connectivity index (χ4n) is 2.32. The van der Waals surface area contributed by atoms with Crippen molar-refractivity contribution in [1.82, 2.24) is 0 Å².